The Morgan fingerprint density at radius 2 is 1.88 bits per heavy atom. The fourth-order valence-corrected chi connectivity index (χ4v) is 3.25. The summed E-state index contributed by atoms with van der Waals surface area (Å²) in [5.74, 6) is 0.624. The number of rotatable bonds is 5. The first kappa shape index (κ1) is 16.7. The van der Waals surface area contributed by atoms with Crippen LogP contribution in [0.15, 0.2) is 48.8 Å². The summed E-state index contributed by atoms with van der Waals surface area (Å²) in [6.07, 6.45) is 5.98. The molecule has 3 rings (SSSR count). The van der Waals surface area contributed by atoms with Crippen LogP contribution in [0.4, 0.5) is 0 Å². The topological polar surface area (TPSA) is 45.2 Å². The average Bonchev–Trinajstić information content (AvgIpc) is 2.62. The van der Waals surface area contributed by atoms with Crippen LogP contribution in [0.5, 0.6) is 0 Å². The predicted octanol–water partition coefficient (Wildman–Crippen LogP) is 3.03. The number of amides is 1. The minimum Gasteiger partial charge on any atom is -0.352 e. The Balaban J connectivity index is 1.43. The van der Waals surface area contributed by atoms with Gasteiger partial charge >= 0.3 is 0 Å². The summed E-state index contributed by atoms with van der Waals surface area (Å²) in [5, 5.41) is 3.11. The van der Waals surface area contributed by atoms with Gasteiger partial charge in [-0.1, -0.05) is 18.2 Å². The van der Waals surface area contributed by atoms with Crippen molar-refractivity contribution < 1.29 is 4.79 Å². The standard InChI is InChI=1S/C20H25N3O/c1-16-4-2-3-5-19(16)20(24)22-14-17-8-12-23(13-9-17)15-18-6-10-21-11-7-18/h2-7,10-11,17H,8-9,12-15H2,1H3,(H,22,24). The van der Waals surface area contributed by atoms with Crippen LogP contribution in [-0.4, -0.2) is 35.4 Å². The summed E-state index contributed by atoms with van der Waals surface area (Å²) in [5.41, 5.74) is 3.13. The molecule has 2 heterocycles. The third-order valence-electron chi connectivity index (χ3n) is 4.80. The molecule has 4 nitrogen and oxygen atoms in total. The highest BCUT2D eigenvalue weighted by Gasteiger charge is 2.20. The lowest BCUT2D eigenvalue weighted by atomic mass is 9.96. The van der Waals surface area contributed by atoms with Crippen LogP contribution in [-0.2, 0) is 6.54 Å². The number of nitrogens with one attached hydrogen (secondary N) is 1. The molecule has 0 bridgehead atoms. The second kappa shape index (κ2) is 8.06. The van der Waals surface area contributed by atoms with E-state index >= 15 is 0 Å². The van der Waals surface area contributed by atoms with E-state index in [9.17, 15) is 4.79 Å². The van der Waals surface area contributed by atoms with Gasteiger partial charge in [0.25, 0.3) is 5.91 Å². The SMILES string of the molecule is Cc1ccccc1C(=O)NCC1CCN(Cc2ccncc2)CC1. The molecule has 4 heteroatoms. The van der Waals surface area contributed by atoms with Crippen molar-refractivity contribution in [3.8, 4) is 0 Å². The van der Waals surface area contributed by atoms with Gasteiger partial charge in [-0.05, 0) is 68.1 Å². The molecule has 0 unspecified atom stereocenters. The largest absolute Gasteiger partial charge is 0.352 e. The Morgan fingerprint density at radius 3 is 2.58 bits per heavy atom. The van der Waals surface area contributed by atoms with Gasteiger partial charge in [-0.3, -0.25) is 14.7 Å². The maximum absolute atomic E-state index is 12.3. The molecule has 1 amide bonds. The zero-order valence-corrected chi connectivity index (χ0v) is 14.2. The van der Waals surface area contributed by atoms with Crippen molar-refractivity contribution in [1.29, 1.82) is 0 Å². The zero-order valence-electron chi connectivity index (χ0n) is 14.2. The Labute approximate surface area is 143 Å². The van der Waals surface area contributed by atoms with E-state index in [0.717, 1.165) is 50.1 Å². The summed E-state index contributed by atoms with van der Waals surface area (Å²) >= 11 is 0. The molecule has 1 aromatic carbocycles. The highest BCUT2D eigenvalue weighted by Crippen LogP contribution is 2.18. The Kier molecular flexibility index (Phi) is 5.59. The molecule has 1 N–H and O–H groups in total. The number of aromatic nitrogens is 1. The molecule has 0 radical (unpaired) electrons. The van der Waals surface area contributed by atoms with Crippen molar-refractivity contribution in [1.82, 2.24) is 15.2 Å². The second-order valence-corrected chi connectivity index (χ2v) is 6.60. The van der Waals surface area contributed by atoms with Gasteiger partial charge in [0.15, 0.2) is 0 Å². The molecule has 0 atom stereocenters. The van der Waals surface area contributed by atoms with E-state index in [1.54, 1.807) is 0 Å². The van der Waals surface area contributed by atoms with Gasteiger partial charge < -0.3 is 5.32 Å². The number of benzene rings is 1. The van der Waals surface area contributed by atoms with E-state index in [0.29, 0.717) is 5.92 Å². The molecule has 24 heavy (non-hydrogen) atoms. The highest BCUT2D eigenvalue weighted by molar-refractivity contribution is 5.95. The van der Waals surface area contributed by atoms with Gasteiger partial charge in [0.2, 0.25) is 0 Å². The minimum atomic E-state index is 0.0484. The fraction of sp³-hybridized carbons (Fsp3) is 0.400. The number of nitrogens with zero attached hydrogens (tertiary/aromatic N) is 2. The first-order valence-electron chi connectivity index (χ1n) is 8.67. The van der Waals surface area contributed by atoms with Crippen molar-refractivity contribution in [3.63, 3.8) is 0 Å². The van der Waals surface area contributed by atoms with Crippen LogP contribution in [0.25, 0.3) is 0 Å². The maximum Gasteiger partial charge on any atom is 0.251 e. The molecular formula is C20H25N3O. The van der Waals surface area contributed by atoms with Crippen molar-refractivity contribution >= 4 is 5.91 Å². The Bertz CT molecular complexity index is 664. The van der Waals surface area contributed by atoms with Crippen LogP contribution in [0.1, 0.15) is 34.3 Å². The molecular weight excluding hydrogens is 298 g/mol. The highest BCUT2D eigenvalue weighted by atomic mass is 16.1. The smallest absolute Gasteiger partial charge is 0.251 e. The fourth-order valence-electron chi connectivity index (χ4n) is 3.25. The van der Waals surface area contributed by atoms with Gasteiger partial charge in [-0.2, -0.15) is 0 Å². The van der Waals surface area contributed by atoms with Crippen molar-refractivity contribution in [2.45, 2.75) is 26.3 Å². The summed E-state index contributed by atoms with van der Waals surface area (Å²) in [6, 6.07) is 11.9. The summed E-state index contributed by atoms with van der Waals surface area (Å²) in [7, 11) is 0. The lowest BCUT2D eigenvalue weighted by Crippen LogP contribution is -2.38. The van der Waals surface area contributed by atoms with Gasteiger partial charge in [-0.25, -0.2) is 0 Å². The van der Waals surface area contributed by atoms with E-state index in [4.69, 9.17) is 0 Å². The molecule has 1 aliphatic heterocycles. The number of carbonyl (C=O) groups excluding carboxylic acids is 1. The second-order valence-electron chi connectivity index (χ2n) is 6.60. The molecule has 0 saturated carbocycles. The summed E-state index contributed by atoms with van der Waals surface area (Å²) in [6.45, 7) is 5.92. The van der Waals surface area contributed by atoms with Crippen LogP contribution < -0.4 is 5.32 Å². The average molecular weight is 323 g/mol. The van der Waals surface area contributed by atoms with Gasteiger partial charge in [0, 0.05) is 31.0 Å². The van der Waals surface area contributed by atoms with Crippen LogP contribution in [0, 0.1) is 12.8 Å². The molecule has 1 aliphatic rings. The van der Waals surface area contributed by atoms with Gasteiger partial charge in [-0.15, -0.1) is 0 Å². The number of likely N-dealkylation sites (tertiary alicyclic amines) is 1. The quantitative estimate of drug-likeness (QED) is 0.920. The molecule has 126 valence electrons. The third kappa shape index (κ3) is 4.42. The number of hydrogen-bond acceptors (Lipinski definition) is 3. The number of piperidine rings is 1. The van der Waals surface area contributed by atoms with Crippen molar-refractivity contribution in [2.75, 3.05) is 19.6 Å². The molecule has 1 aromatic heterocycles. The number of pyridine rings is 1. The van der Waals surface area contributed by atoms with Gasteiger partial charge in [0.1, 0.15) is 0 Å². The first-order valence-corrected chi connectivity index (χ1v) is 8.67. The number of hydrogen-bond donors (Lipinski definition) is 1. The third-order valence-corrected chi connectivity index (χ3v) is 4.80. The molecule has 2 aromatic rings. The summed E-state index contributed by atoms with van der Waals surface area (Å²) < 4.78 is 0. The van der Waals surface area contributed by atoms with E-state index in [-0.39, 0.29) is 5.91 Å². The monoisotopic (exact) mass is 323 g/mol. The number of aryl methyl sites for hydroxylation is 1. The normalized spacial score (nSPS) is 16.0. The van der Waals surface area contributed by atoms with E-state index in [1.807, 2.05) is 43.6 Å². The predicted molar refractivity (Wildman–Crippen MR) is 95.8 cm³/mol. The number of carbonyl (C=O) groups is 1. The molecule has 1 saturated heterocycles. The van der Waals surface area contributed by atoms with E-state index < -0.39 is 0 Å². The lowest BCUT2D eigenvalue weighted by molar-refractivity contribution is 0.0934. The molecule has 1 fully saturated rings. The zero-order chi connectivity index (χ0) is 16.8. The van der Waals surface area contributed by atoms with E-state index in [1.165, 1.54) is 5.56 Å². The van der Waals surface area contributed by atoms with Gasteiger partial charge in [0.05, 0.1) is 0 Å². The maximum atomic E-state index is 12.3. The van der Waals surface area contributed by atoms with Crippen molar-refractivity contribution in [3.05, 3.63) is 65.5 Å². The van der Waals surface area contributed by atoms with Crippen LogP contribution in [0.3, 0.4) is 0 Å². The van der Waals surface area contributed by atoms with Crippen LogP contribution in [0.2, 0.25) is 0 Å². The Hall–Kier alpha value is -2.20. The van der Waals surface area contributed by atoms with Crippen molar-refractivity contribution in [2.24, 2.45) is 5.92 Å². The van der Waals surface area contributed by atoms with Crippen LogP contribution >= 0.6 is 0 Å². The molecule has 0 aliphatic carbocycles. The molecule has 0 spiro atoms. The van der Waals surface area contributed by atoms with E-state index in [2.05, 4.69) is 27.3 Å². The summed E-state index contributed by atoms with van der Waals surface area (Å²) in [4.78, 5) is 18.8. The minimum absolute atomic E-state index is 0.0484. The lowest BCUT2D eigenvalue weighted by Gasteiger charge is -2.32. The first-order chi connectivity index (χ1) is 11.7. The Morgan fingerprint density at radius 1 is 1.17 bits per heavy atom.